The molecule has 1 aliphatic rings. The minimum absolute atomic E-state index is 0.0814. The van der Waals surface area contributed by atoms with Gasteiger partial charge in [0.15, 0.2) is 5.82 Å². The van der Waals surface area contributed by atoms with Crippen LogP contribution >= 0.6 is 0 Å². The number of benzene rings is 2. The summed E-state index contributed by atoms with van der Waals surface area (Å²) in [4.78, 5) is 30.3. The minimum Gasteiger partial charge on any atom is -0.382 e. The summed E-state index contributed by atoms with van der Waals surface area (Å²) in [6, 6.07) is 3.52. The van der Waals surface area contributed by atoms with Crippen molar-refractivity contribution in [2.75, 3.05) is 18.8 Å². The Morgan fingerprint density at radius 2 is 1.76 bits per heavy atom. The average Bonchev–Trinajstić information content (AvgIpc) is 3.47. The first kappa shape index (κ1) is 27.9. The van der Waals surface area contributed by atoms with Crippen molar-refractivity contribution < 1.29 is 40.3 Å². The number of hydrogen-bond donors (Lipinski definition) is 2. The smallest absolute Gasteiger partial charge is 0.382 e. The van der Waals surface area contributed by atoms with Crippen LogP contribution in [0.3, 0.4) is 0 Å². The van der Waals surface area contributed by atoms with Gasteiger partial charge >= 0.3 is 6.18 Å². The number of rotatable bonds is 4. The van der Waals surface area contributed by atoms with Gasteiger partial charge in [-0.05, 0) is 48.9 Å². The summed E-state index contributed by atoms with van der Waals surface area (Å²) >= 11 is 0. The van der Waals surface area contributed by atoms with Crippen LogP contribution < -0.4 is 11.1 Å². The highest BCUT2D eigenvalue weighted by Gasteiger charge is 2.39. The van der Waals surface area contributed by atoms with E-state index in [-0.39, 0.29) is 23.4 Å². The van der Waals surface area contributed by atoms with Crippen LogP contribution in [-0.2, 0) is 6.18 Å². The van der Waals surface area contributed by atoms with E-state index in [4.69, 9.17) is 5.73 Å². The molecule has 214 valence electrons. The van der Waals surface area contributed by atoms with Crippen molar-refractivity contribution in [3.63, 3.8) is 0 Å². The van der Waals surface area contributed by atoms with Crippen LogP contribution in [0.1, 0.15) is 31.8 Å². The molecule has 2 amide bonds. The number of likely N-dealkylation sites (tertiary alicyclic amines) is 1. The molecule has 1 saturated heterocycles. The van der Waals surface area contributed by atoms with Gasteiger partial charge in [-0.2, -0.15) is 18.3 Å². The van der Waals surface area contributed by atoms with E-state index in [1.165, 1.54) is 6.92 Å². The fraction of sp³-hybridized carbons (Fsp3) is 0.231. The van der Waals surface area contributed by atoms with Crippen molar-refractivity contribution in [1.82, 2.24) is 24.8 Å². The third-order valence-corrected chi connectivity index (χ3v) is 6.73. The van der Waals surface area contributed by atoms with E-state index in [9.17, 15) is 35.9 Å². The summed E-state index contributed by atoms with van der Waals surface area (Å²) in [5.74, 6) is -5.24. The van der Waals surface area contributed by atoms with Gasteiger partial charge in [0.1, 0.15) is 35.5 Å². The topological polar surface area (TPSA) is 106 Å². The molecule has 5 rings (SSSR count). The first-order chi connectivity index (χ1) is 19.3. The number of aryl methyl sites for hydroxylation is 1. The molecule has 2 atom stereocenters. The molecule has 2 aromatic carbocycles. The van der Waals surface area contributed by atoms with Gasteiger partial charge in [0.2, 0.25) is 0 Å². The number of nitrogens with zero attached hydrogens (tertiary/aromatic N) is 4. The molecule has 1 fully saturated rings. The van der Waals surface area contributed by atoms with Crippen molar-refractivity contribution >= 4 is 23.1 Å². The molecule has 0 unspecified atom stereocenters. The fourth-order valence-electron chi connectivity index (χ4n) is 4.73. The second-order valence-corrected chi connectivity index (χ2v) is 9.42. The van der Waals surface area contributed by atoms with Crippen LogP contribution in [0.15, 0.2) is 42.7 Å². The summed E-state index contributed by atoms with van der Waals surface area (Å²) in [6.07, 6.45) is -5.79. The van der Waals surface area contributed by atoms with E-state index in [0.29, 0.717) is 12.1 Å². The average molecular weight is 580 g/mol. The van der Waals surface area contributed by atoms with E-state index < -0.39 is 82.2 Å². The van der Waals surface area contributed by atoms with Gasteiger partial charge in [-0.25, -0.2) is 27.1 Å². The van der Waals surface area contributed by atoms with Crippen LogP contribution in [0.2, 0.25) is 0 Å². The summed E-state index contributed by atoms with van der Waals surface area (Å²) in [5.41, 5.74) is 2.30. The molecule has 0 saturated carbocycles. The molecule has 4 aromatic rings. The maximum absolute atomic E-state index is 15.1. The van der Waals surface area contributed by atoms with Crippen LogP contribution in [0.25, 0.3) is 16.8 Å². The molecular weight excluding hydrogens is 561 g/mol. The standard InChI is InChI=1S/C26H19F7N6O2/c1-11-4-18(29)14(21-7-16(26(31,32)33)22-23(34)35-10-36-39(21)22)6-13(11)24(40)37-20-9-38(8-19(20)30)25(41)15-5-12(27)2-3-17(15)28/h2-7,10,19-20H,8-9H2,1H3,(H,37,40)(H2,34,35,36)/t19-,20+/m0/s1. The van der Waals surface area contributed by atoms with Gasteiger partial charge < -0.3 is 16.0 Å². The number of carbonyl (C=O) groups is 2. The van der Waals surface area contributed by atoms with Crippen LogP contribution in [-0.4, -0.2) is 56.6 Å². The highest BCUT2D eigenvalue weighted by atomic mass is 19.4. The number of amides is 2. The lowest BCUT2D eigenvalue weighted by Gasteiger charge is -2.18. The molecule has 0 aliphatic carbocycles. The molecule has 3 N–H and O–H groups in total. The first-order valence-electron chi connectivity index (χ1n) is 12.0. The molecule has 0 bridgehead atoms. The molecule has 41 heavy (non-hydrogen) atoms. The normalized spacial score (nSPS) is 17.3. The number of halogens is 7. The number of aromatic nitrogens is 3. The van der Waals surface area contributed by atoms with Crippen molar-refractivity contribution in [3.8, 4) is 11.3 Å². The van der Waals surface area contributed by atoms with Gasteiger partial charge in [-0.15, -0.1) is 0 Å². The van der Waals surface area contributed by atoms with Crippen molar-refractivity contribution in [2.24, 2.45) is 0 Å². The number of fused-ring (bicyclic) bond motifs is 1. The number of anilines is 1. The van der Waals surface area contributed by atoms with Crippen molar-refractivity contribution in [3.05, 3.63) is 82.4 Å². The lowest BCUT2D eigenvalue weighted by Crippen LogP contribution is -2.42. The lowest BCUT2D eigenvalue weighted by atomic mass is 10.0. The van der Waals surface area contributed by atoms with Gasteiger partial charge in [0.25, 0.3) is 11.8 Å². The minimum atomic E-state index is -4.89. The van der Waals surface area contributed by atoms with Gasteiger partial charge in [-0.1, -0.05) is 0 Å². The Kier molecular flexibility index (Phi) is 6.83. The fourth-order valence-corrected chi connectivity index (χ4v) is 4.73. The Bertz CT molecular complexity index is 1700. The molecular formula is C26H19F7N6O2. The zero-order valence-electron chi connectivity index (χ0n) is 20.9. The first-order valence-corrected chi connectivity index (χ1v) is 12.0. The number of alkyl halides is 4. The molecule has 15 heteroatoms. The van der Waals surface area contributed by atoms with Gasteiger partial charge in [-0.3, -0.25) is 9.59 Å². The summed E-state index contributed by atoms with van der Waals surface area (Å²) < 4.78 is 99.4. The summed E-state index contributed by atoms with van der Waals surface area (Å²) in [7, 11) is 0. The Balaban J connectivity index is 1.44. The maximum Gasteiger partial charge on any atom is 0.418 e. The number of nitrogens with two attached hydrogens (primary N) is 1. The number of carbonyl (C=O) groups excluding carboxylic acids is 2. The molecule has 3 heterocycles. The third-order valence-electron chi connectivity index (χ3n) is 6.73. The Hall–Kier alpha value is -4.69. The van der Waals surface area contributed by atoms with Gasteiger partial charge in [0.05, 0.1) is 29.4 Å². The van der Waals surface area contributed by atoms with E-state index in [2.05, 4.69) is 15.4 Å². The SMILES string of the molecule is Cc1cc(F)c(-c2cc(C(F)(F)F)c3c(N)ncnn23)cc1C(=O)N[C@@H]1CN(C(=O)c2cc(F)ccc2F)C[C@@H]1F. The van der Waals surface area contributed by atoms with Crippen molar-refractivity contribution in [1.29, 1.82) is 0 Å². The predicted octanol–water partition coefficient (Wildman–Crippen LogP) is 4.32. The predicted molar refractivity (Wildman–Crippen MR) is 131 cm³/mol. The van der Waals surface area contributed by atoms with Crippen molar-refractivity contribution in [2.45, 2.75) is 25.3 Å². The zero-order chi connectivity index (χ0) is 29.8. The lowest BCUT2D eigenvalue weighted by molar-refractivity contribution is -0.136. The number of hydrogen-bond acceptors (Lipinski definition) is 5. The second kappa shape index (κ2) is 10.1. The summed E-state index contributed by atoms with van der Waals surface area (Å²) in [5, 5.41) is 6.16. The quantitative estimate of drug-likeness (QED) is 0.350. The van der Waals surface area contributed by atoms with E-state index in [0.717, 1.165) is 40.0 Å². The zero-order valence-corrected chi connectivity index (χ0v) is 20.9. The van der Waals surface area contributed by atoms with Crippen LogP contribution in [0.4, 0.5) is 36.6 Å². The van der Waals surface area contributed by atoms with E-state index in [1.807, 2.05) is 0 Å². The largest absolute Gasteiger partial charge is 0.418 e. The van der Waals surface area contributed by atoms with Crippen LogP contribution in [0.5, 0.6) is 0 Å². The highest BCUT2D eigenvalue weighted by Crippen LogP contribution is 2.39. The second-order valence-electron chi connectivity index (χ2n) is 9.42. The Morgan fingerprint density at radius 1 is 1.02 bits per heavy atom. The summed E-state index contributed by atoms with van der Waals surface area (Å²) in [6.45, 7) is 0.456. The van der Waals surface area contributed by atoms with E-state index >= 15 is 4.39 Å². The monoisotopic (exact) mass is 580 g/mol. The number of nitrogen functional groups attached to an aromatic ring is 1. The maximum atomic E-state index is 15.1. The molecule has 0 spiro atoms. The third kappa shape index (κ3) is 5.02. The molecule has 2 aromatic heterocycles. The van der Waals surface area contributed by atoms with E-state index in [1.54, 1.807) is 0 Å². The number of nitrogens with one attached hydrogen (secondary N) is 1. The van der Waals surface area contributed by atoms with Crippen LogP contribution in [0, 0.1) is 24.4 Å². The molecule has 1 aliphatic heterocycles. The molecule has 8 nitrogen and oxygen atoms in total. The van der Waals surface area contributed by atoms with Gasteiger partial charge in [0, 0.05) is 17.7 Å². The Morgan fingerprint density at radius 3 is 2.46 bits per heavy atom. The highest BCUT2D eigenvalue weighted by molar-refractivity contribution is 5.98. The Labute approximate surface area is 226 Å². The molecule has 0 radical (unpaired) electrons.